The van der Waals surface area contributed by atoms with Gasteiger partial charge in [-0.1, -0.05) is 24.3 Å². The van der Waals surface area contributed by atoms with Gasteiger partial charge < -0.3 is 19.0 Å². The minimum Gasteiger partial charge on any atom is -0.489 e. The molecule has 0 bridgehead atoms. The maximum atomic E-state index is 12.7. The molecule has 1 aliphatic heterocycles. The molecule has 0 aliphatic carbocycles. The average molecular weight is 493 g/mol. The first-order valence-electron chi connectivity index (χ1n) is 10.3. The van der Waals surface area contributed by atoms with Gasteiger partial charge in [0, 0.05) is 0 Å². The van der Waals surface area contributed by atoms with E-state index in [0.29, 0.717) is 11.3 Å². The lowest BCUT2D eigenvalue weighted by molar-refractivity contribution is -0.123. The summed E-state index contributed by atoms with van der Waals surface area (Å²) >= 11 is 0.821. The van der Waals surface area contributed by atoms with Crippen LogP contribution >= 0.6 is 11.8 Å². The van der Waals surface area contributed by atoms with Crippen LogP contribution in [0.5, 0.6) is 5.75 Å². The molecule has 178 valence electrons. The van der Waals surface area contributed by atoms with Gasteiger partial charge >= 0.3 is 11.9 Å². The van der Waals surface area contributed by atoms with Crippen LogP contribution in [0.3, 0.4) is 0 Å². The Kier molecular flexibility index (Phi) is 7.02. The van der Waals surface area contributed by atoms with E-state index in [-0.39, 0.29) is 35.1 Å². The molecule has 1 fully saturated rings. The largest absolute Gasteiger partial charge is 0.489 e. The number of ether oxygens (including phenoxy) is 2. The van der Waals surface area contributed by atoms with Crippen molar-refractivity contribution in [2.45, 2.75) is 13.2 Å². The van der Waals surface area contributed by atoms with E-state index in [1.165, 1.54) is 31.4 Å². The second-order valence-corrected chi connectivity index (χ2v) is 8.38. The summed E-state index contributed by atoms with van der Waals surface area (Å²) in [6, 6.07) is 16.3. The highest BCUT2D eigenvalue weighted by Gasteiger charge is 2.35. The summed E-state index contributed by atoms with van der Waals surface area (Å²) in [7, 11) is 1.23. The number of carboxylic acid groups (broad SMARTS) is 1. The van der Waals surface area contributed by atoms with Crippen molar-refractivity contribution >= 4 is 40.9 Å². The number of carbonyl (C=O) groups excluding carboxylic acids is 3. The summed E-state index contributed by atoms with van der Waals surface area (Å²) in [5, 5.41) is 8.51. The van der Waals surface area contributed by atoms with E-state index in [1.807, 2.05) is 0 Å². The third-order valence-electron chi connectivity index (χ3n) is 5.02. The van der Waals surface area contributed by atoms with Gasteiger partial charge in [0.25, 0.3) is 11.1 Å². The van der Waals surface area contributed by atoms with Gasteiger partial charge in [-0.3, -0.25) is 14.5 Å². The van der Waals surface area contributed by atoms with E-state index in [4.69, 9.17) is 14.3 Å². The highest BCUT2D eigenvalue weighted by atomic mass is 32.2. The smallest absolute Gasteiger partial charge is 0.373 e. The molecule has 4 rings (SSSR count). The summed E-state index contributed by atoms with van der Waals surface area (Å²) < 4.78 is 15.6. The van der Waals surface area contributed by atoms with E-state index in [1.54, 1.807) is 42.5 Å². The molecule has 0 atom stereocenters. The van der Waals surface area contributed by atoms with Crippen LogP contribution in [-0.2, 0) is 22.7 Å². The van der Waals surface area contributed by atoms with Crippen molar-refractivity contribution in [3.8, 4) is 5.75 Å². The molecular formula is C25H19NO8S. The fourth-order valence-corrected chi connectivity index (χ4v) is 4.03. The number of carboxylic acids is 1. The zero-order valence-corrected chi connectivity index (χ0v) is 19.2. The molecule has 1 aliphatic rings. The Bertz CT molecular complexity index is 1310. The predicted octanol–water partition coefficient (Wildman–Crippen LogP) is 4.58. The number of thioether (sulfide) groups is 1. The summed E-state index contributed by atoms with van der Waals surface area (Å²) in [4.78, 5) is 48.8. The molecule has 1 aromatic heterocycles. The highest BCUT2D eigenvalue weighted by Crippen LogP contribution is 2.33. The number of hydrogen-bond donors (Lipinski definition) is 1. The second kappa shape index (κ2) is 10.3. The summed E-state index contributed by atoms with van der Waals surface area (Å²) in [6.07, 6.45) is 1.61. The zero-order chi connectivity index (χ0) is 24.9. The normalized spacial score (nSPS) is 14.4. The van der Waals surface area contributed by atoms with Crippen molar-refractivity contribution in [2.24, 2.45) is 0 Å². The molecule has 2 aromatic carbocycles. The van der Waals surface area contributed by atoms with Crippen molar-refractivity contribution in [1.82, 2.24) is 4.90 Å². The highest BCUT2D eigenvalue weighted by molar-refractivity contribution is 8.18. The van der Waals surface area contributed by atoms with Crippen LogP contribution in [0.1, 0.15) is 37.8 Å². The van der Waals surface area contributed by atoms with Gasteiger partial charge in [0.1, 0.15) is 18.1 Å². The standard InChI is InChI=1S/C25H19NO8S/c1-32-24(30)20-11-10-19(34-20)13-26-22(27)21(35-25(26)31)12-15-4-8-18(9-5-15)33-14-16-2-6-17(7-3-16)23(28)29/h2-12H,13-14H2,1H3,(H,28,29)/b21-12+. The quantitative estimate of drug-likeness (QED) is 0.355. The van der Waals surface area contributed by atoms with Crippen molar-refractivity contribution in [3.63, 3.8) is 0 Å². The van der Waals surface area contributed by atoms with Crippen molar-refractivity contribution < 1.29 is 38.2 Å². The molecule has 10 heteroatoms. The first-order chi connectivity index (χ1) is 16.8. The number of rotatable bonds is 8. The number of nitrogens with zero attached hydrogens (tertiary/aromatic N) is 1. The fourth-order valence-electron chi connectivity index (χ4n) is 3.19. The van der Waals surface area contributed by atoms with Gasteiger partial charge in [0.2, 0.25) is 5.76 Å². The molecule has 9 nitrogen and oxygen atoms in total. The lowest BCUT2D eigenvalue weighted by Crippen LogP contribution is -2.27. The molecule has 3 aromatic rings. The topological polar surface area (TPSA) is 123 Å². The van der Waals surface area contributed by atoms with E-state index >= 15 is 0 Å². The van der Waals surface area contributed by atoms with E-state index < -0.39 is 23.1 Å². The number of aromatic carboxylic acids is 1. The number of imide groups is 1. The van der Waals surface area contributed by atoms with Gasteiger partial charge in [-0.15, -0.1) is 0 Å². The molecule has 2 amide bonds. The maximum absolute atomic E-state index is 12.7. The van der Waals surface area contributed by atoms with Crippen LogP contribution in [0.25, 0.3) is 6.08 Å². The van der Waals surface area contributed by atoms with Crippen LogP contribution in [0.2, 0.25) is 0 Å². The Labute approximate surface area is 203 Å². The summed E-state index contributed by atoms with van der Waals surface area (Å²) in [5.41, 5.74) is 1.74. The Morgan fingerprint density at radius 1 is 1.03 bits per heavy atom. The van der Waals surface area contributed by atoms with Crippen LogP contribution < -0.4 is 4.74 Å². The number of carbonyl (C=O) groups is 4. The molecular weight excluding hydrogens is 474 g/mol. The average Bonchev–Trinajstić information content (AvgIpc) is 3.44. The van der Waals surface area contributed by atoms with Gasteiger partial charge in [0.05, 0.1) is 24.1 Å². The Morgan fingerprint density at radius 3 is 2.40 bits per heavy atom. The van der Waals surface area contributed by atoms with E-state index in [9.17, 15) is 19.2 Å². The van der Waals surface area contributed by atoms with Crippen LogP contribution in [0, 0.1) is 0 Å². The Balaban J connectivity index is 1.37. The number of hydrogen-bond acceptors (Lipinski definition) is 8. The van der Waals surface area contributed by atoms with Gasteiger partial charge in [-0.2, -0.15) is 0 Å². The van der Waals surface area contributed by atoms with Crippen molar-refractivity contribution in [1.29, 1.82) is 0 Å². The molecule has 0 radical (unpaired) electrons. The van der Waals surface area contributed by atoms with Gasteiger partial charge in [-0.05, 0) is 65.4 Å². The number of furan rings is 1. The van der Waals surface area contributed by atoms with Crippen molar-refractivity contribution in [3.05, 3.63) is 93.8 Å². The number of methoxy groups -OCH3 is 1. The first-order valence-corrected chi connectivity index (χ1v) is 11.1. The number of esters is 1. The van der Waals surface area contributed by atoms with Crippen LogP contribution in [0.4, 0.5) is 4.79 Å². The summed E-state index contributed by atoms with van der Waals surface area (Å²) in [6.45, 7) is 0.168. The lowest BCUT2D eigenvalue weighted by Gasteiger charge is -2.10. The molecule has 0 saturated carbocycles. The molecule has 35 heavy (non-hydrogen) atoms. The predicted molar refractivity (Wildman–Crippen MR) is 126 cm³/mol. The fraction of sp³-hybridized carbons (Fsp3) is 0.120. The van der Waals surface area contributed by atoms with E-state index in [2.05, 4.69) is 4.74 Å². The second-order valence-electron chi connectivity index (χ2n) is 7.39. The molecule has 0 unspecified atom stereocenters. The monoisotopic (exact) mass is 493 g/mol. The van der Waals surface area contributed by atoms with Crippen molar-refractivity contribution in [2.75, 3.05) is 7.11 Å². The maximum Gasteiger partial charge on any atom is 0.373 e. The molecule has 1 saturated heterocycles. The third-order valence-corrected chi connectivity index (χ3v) is 5.93. The summed E-state index contributed by atoms with van der Waals surface area (Å²) in [5.74, 6) is -1.22. The minimum absolute atomic E-state index is 0.00963. The number of amides is 2. The zero-order valence-electron chi connectivity index (χ0n) is 18.4. The lowest BCUT2D eigenvalue weighted by atomic mass is 10.1. The number of benzene rings is 2. The van der Waals surface area contributed by atoms with Crippen LogP contribution in [-0.4, -0.2) is 40.2 Å². The Morgan fingerprint density at radius 2 is 1.74 bits per heavy atom. The Hall–Kier alpha value is -4.31. The van der Waals surface area contributed by atoms with Crippen LogP contribution in [0.15, 0.2) is 70.0 Å². The molecule has 1 N–H and O–H groups in total. The first kappa shape index (κ1) is 23.8. The minimum atomic E-state index is -0.987. The van der Waals surface area contributed by atoms with E-state index in [0.717, 1.165) is 22.2 Å². The SMILES string of the molecule is COC(=O)c1ccc(CN2C(=O)S/C(=C/c3ccc(OCc4ccc(C(=O)O)cc4)cc3)C2=O)o1. The molecule has 0 spiro atoms. The van der Waals surface area contributed by atoms with Gasteiger partial charge in [-0.25, -0.2) is 9.59 Å². The third kappa shape index (κ3) is 5.61. The molecule has 2 heterocycles. The van der Waals surface area contributed by atoms with Gasteiger partial charge in [0.15, 0.2) is 0 Å².